The number of aliphatic hydroxyl groups excluding tert-OH is 1. The summed E-state index contributed by atoms with van der Waals surface area (Å²) in [7, 11) is 0. The van der Waals surface area contributed by atoms with Gasteiger partial charge in [-0.25, -0.2) is 4.39 Å². The Hall–Kier alpha value is -1.53. The Balaban J connectivity index is 0.00000182. The topological polar surface area (TPSA) is 35.9 Å². The first kappa shape index (κ1) is 23.5. The molecular formula is C20H27Cl2FN2O2. The number of hydrogen-bond acceptors (Lipinski definition) is 4. The predicted octanol–water partition coefficient (Wildman–Crippen LogP) is 3.54. The molecule has 0 radical (unpaired) electrons. The number of para-hydroxylation sites is 1. The van der Waals surface area contributed by atoms with E-state index in [0.717, 1.165) is 43.2 Å². The number of rotatable bonds is 6. The van der Waals surface area contributed by atoms with E-state index in [1.807, 2.05) is 43.3 Å². The number of benzene rings is 2. The molecule has 4 nitrogen and oxygen atoms in total. The van der Waals surface area contributed by atoms with Crippen LogP contribution in [0, 0.1) is 12.7 Å². The molecular weight excluding hydrogens is 390 g/mol. The van der Waals surface area contributed by atoms with Crippen LogP contribution in [0.3, 0.4) is 0 Å². The summed E-state index contributed by atoms with van der Waals surface area (Å²) in [6.07, 6.45) is -0.517. The van der Waals surface area contributed by atoms with Gasteiger partial charge < -0.3 is 14.7 Å². The maximum absolute atomic E-state index is 13.0. The zero-order valence-electron chi connectivity index (χ0n) is 15.4. The Morgan fingerprint density at radius 2 is 1.63 bits per heavy atom. The Morgan fingerprint density at radius 1 is 1.00 bits per heavy atom. The van der Waals surface area contributed by atoms with Gasteiger partial charge in [0.1, 0.15) is 24.3 Å². The number of ether oxygens (including phenoxy) is 1. The average molecular weight is 417 g/mol. The van der Waals surface area contributed by atoms with Crippen LogP contribution in [0.1, 0.15) is 5.56 Å². The molecule has 0 saturated carbocycles. The average Bonchev–Trinajstić information content (AvgIpc) is 2.62. The van der Waals surface area contributed by atoms with Gasteiger partial charge in [0.05, 0.1) is 0 Å². The first-order valence-corrected chi connectivity index (χ1v) is 8.71. The lowest BCUT2D eigenvalue weighted by molar-refractivity contribution is 0.0661. The number of hydrogen-bond donors (Lipinski definition) is 1. The van der Waals surface area contributed by atoms with Gasteiger partial charge in [0.25, 0.3) is 0 Å². The summed E-state index contributed by atoms with van der Waals surface area (Å²) in [4.78, 5) is 4.48. The van der Waals surface area contributed by atoms with Crippen molar-refractivity contribution in [3.8, 4) is 5.75 Å². The minimum Gasteiger partial charge on any atom is -0.491 e. The minimum absolute atomic E-state index is 0. The summed E-state index contributed by atoms with van der Waals surface area (Å²) in [6, 6.07) is 14.4. The van der Waals surface area contributed by atoms with Gasteiger partial charge >= 0.3 is 0 Å². The Labute approximate surface area is 172 Å². The predicted molar refractivity (Wildman–Crippen MR) is 112 cm³/mol. The SMILES string of the molecule is Cc1ccccc1OCC(O)CN1CCN(c2ccc(F)cc2)CC1.Cl.Cl. The molecule has 27 heavy (non-hydrogen) atoms. The van der Waals surface area contributed by atoms with Crippen molar-refractivity contribution >= 4 is 30.5 Å². The molecule has 0 amide bonds. The lowest BCUT2D eigenvalue weighted by atomic mass is 10.2. The molecule has 1 fully saturated rings. The molecule has 1 aliphatic heterocycles. The number of anilines is 1. The van der Waals surface area contributed by atoms with Crippen LogP contribution in [0.4, 0.5) is 10.1 Å². The number of nitrogens with zero attached hydrogens (tertiary/aromatic N) is 2. The Morgan fingerprint density at radius 3 is 2.26 bits per heavy atom. The highest BCUT2D eigenvalue weighted by molar-refractivity contribution is 5.85. The number of halogens is 3. The van der Waals surface area contributed by atoms with Crippen molar-refractivity contribution in [1.82, 2.24) is 4.90 Å². The van der Waals surface area contributed by atoms with Crippen molar-refractivity contribution in [2.45, 2.75) is 13.0 Å². The highest BCUT2D eigenvalue weighted by Crippen LogP contribution is 2.18. The molecule has 1 unspecified atom stereocenters. The van der Waals surface area contributed by atoms with Gasteiger partial charge in [-0.2, -0.15) is 0 Å². The van der Waals surface area contributed by atoms with Crippen molar-refractivity contribution in [1.29, 1.82) is 0 Å². The van der Waals surface area contributed by atoms with E-state index >= 15 is 0 Å². The molecule has 1 saturated heterocycles. The fourth-order valence-electron chi connectivity index (χ4n) is 3.10. The summed E-state index contributed by atoms with van der Waals surface area (Å²) in [6.45, 7) is 6.38. The van der Waals surface area contributed by atoms with Crippen molar-refractivity contribution in [2.75, 3.05) is 44.2 Å². The second-order valence-corrected chi connectivity index (χ2v) is 6.49. The van der Waals surface area contributed by atoms with E-state index in [9.17, 15) is 9.50 Å². The first-order valence-electron chi connectivity index (χ1n) is 8.71. The monoisotopic (exact) mass is 416 g/mol. The molecule has 0 aromatic heterocycles. The van der Waals surface area contributed by atoms with E-state index in [2.05, 4.69) is 9.80 Å². The minimum atomic E-state index is -0.517. The van der Waals surface area contributed by atoms with Gasteiger partial charge in [-0.3, -0.25) is 4.90 Å². The molecule has 1 atom stereocenters. The number of β-amino-alcohol motifs (C(OH)–C–C–N with tert-alkyl or cyclic N) is 1. The molecule has 1 N–H and O–H groups in total. The lowest BCUT2D eigenvalue weighted by Gasteiger charge is -2.36. The van der Waals surface area contributed by atoms with Crippen LogP contribution in [0.5, 0.6) is 5.75 Å². The fraction of sp³-hybridized carbons (Fsp3) is 0.400. The van der Waals surface area contributed by atoms with Crippen molar-refractivity contribution in [2.24, 2.45) is 0 Å². The van der Waals surface area contributed by atoms with Gasteiger partial charge in [0.15, 0.2) is 0 Å². The van der Waals surface area contributed by atoms with Gasteiger partial charge in [-0.15, -0.1) is 24.8 Å². The van der Waals surface area contributed by atoms with Crippen LogP contribution in [-0.4, -0.2) is 55.4 Å². The molecule has 7 heteroatoms. The number of aliphatic hydroxyl groups is 1. The molecule has 0 aliphatic carbocycles. The lowest BCUT2D eigenvalue weighted by Crippen LogP contribution is -2.49. The Bertz CT molecular complexity index is 680. The van der Waals surface area contributed by atoms with Crippen LogP contribution in [0.2, 0.25) is 0 Å². The molecule has 150 valence electrons. The van der Waals surface area contributed by atoms with E-state index in [0.29, 0.717) is 13.2 Å². The smallest absolute Gasteiger partial charge is 0.123 e. The summed E-state index contributed by atoms with van der Waals surface area (Å²) < 4.78 is 18.7. The highest BCUT2D eigenvalue weighted by Gasteiger charge is 2.20. The largest absolute Gasteiger partial charge is 0.491 e. The molecule has 1 aliphatic rings. The normalized spacial score (nSPS) is 15.4. The van der Waals surface area contributed by atoms with Gasteiger partial charge in [-0.05, 0) is 42.8 Å². The molecule has 1 heterocycles. The number of aryl methyl sites for hydroxylation is 1. The Kier molecular flexibility index (Phi) is 9.88. The van der Waals surface area contributed by atoms with Crippen molar-refractivity contribution in [3.63, 3.8) is 0 Å². The quantitative estimate of drug-likeness (QED) is 0.780. The van der Waals surface area contributed by atoms with Crippen LogP contribution in [0.15, 0.2) is 48.5 Å². The zero-order valence-corrected chi connectivity index (χ0v) is 17.0. The second-order valence-electron chi connectivity index (χ2n) is 6.49. The van der Waals surface area contributed by atoms with E-state index in [1.165, 1.54) is 12.1 Å². The van der Waals surface area contributed by atoms with Gasteiger partial charge in [-0.1, -0.05) is 18.2 Å². The third-order valence-electron chi connectivity index (χ3n) is 4.56. The molecule has 2 aromatic rings. The van der Waals surface area contributed by atoms with Crippen molar-refractivity contribution in [3.05, 3.63) is 59.9 Å². The standard InChI is InChI=1S/C20H25FN2O2.2ClH/c1-16-4-2-3-5-20(16)25-15-19(24)14-22-10-12-23(13-11-22)18-8-6-17(21)7-9-18;;/h2-9,19,24H,10-15H2,1H3;2*1H. The maximum atomic E-state index is 13.0. The van der Waals surface area contributed by atoms with Gasteiger partial charge in [0, 0.05) is 38.4 Å². The highest BCUT2D eigenvalue weighted by atomic mass is 35.5. The first-order chi connectivity index (χ1) is 12.1. The molecule has 3 rings (SSSR count). The van der Waals surface area contributed by atoms with Crippen LogP contribution >= 0.6 is 24.8 Å². The molecule has 2 aromatic carbocycles. The fourth-order valence-corrected chi connectivity index (χ4v) is 3.10. The van der Waals surface area contributed by atoms with Crippen LogP contribution in [-0.2, 0) is 0 Å². The zero-order chi connectivity index (χ0) is 17.6. The summed E-state index contributed by atoms with van der Waals surface area (Å²) >= 11 is 0. The van der Waals surface area contributed by atoms with Crippen LogP contribution in [0.25, 0.3) is 0 Å². The van der Waals surface area contributed by atoms with E-state index in [1.54, 1.807) is 0 Å². The summed E-state index contributed by atoms with van der Waals surface area (Å²) in [5, 5.41) is 10.2. The van der Waals surface area contributed by atoms with Crippen molar-refractivity contribution < 1.29 is 14.2 Å². The maximum Gasteiger partial charge on any atom is 0.123 e. The van der Waals surface area contributed by atoms with E-state index < -0.39 is 6.10 Å². The third-order valence-corrected chi connectivity index (χ3v) is 4.56. The van der Waals surface area contributed by atoms with E-state index in [4.69, 9.17) is 4.74 Å². The summed E-state index contributed by atoms with van der Waals surface area (Å²) in [5.74, 6) is 0.613. The molecule has 0 spiro atoms. The summed E-state index contributed by atoms with van der Waals surface area (Å²) in [5.41, 5.74) is 2.12. The second kappa shape index (κ2) is 11.3. The van der Waals surface area contributed by atoms with Crippen LogP contribution < -0.4 is 9.64 Å². The number of piperazine rings is 1. The van der Waals surface area contributed by atoms with Gasteiger partial charge in [0.2, 0.25) is 0 Å². The van der Waals surface area contributed by atoms with E-state index in [-0.39, 0.29) is 30.6 Å². The molecule has 0 bridgehead atoms. The third kappa shape index (κ3) is 6.85.